The summed E-state index contributed by atoms with van der Waals surface area (Å²) >= 11 is 5.86. The predicted molar refractivity (Wildman–Crippen MR) is 168 cm³/mol. The maximum atomic E-state index is 14.2. The predicted octanol–water partition coefficient (Wildman–Crippen LogP) is 6.50. The molecule has 2 aromatic carbocycles. The number of piperidine rings is 1. The Labute approximate surface area is 258 Å². The molecular formula is C33H34BClFN5O2. The third kappa shape index (κ3) is 7.72. The molecule has 2 radical (unpaired) electrons. The van der Waals surface area contributed by atoms with E-state index in [0.29, 0.717) is 35.1 Å². The minimum absolute atomic E-state index is 0.0795. The summed E-state index contributed by atoms with van der Waals surface area (Å²) in [6.07, 6.45) is 1.87. The van der Waals surface area contributed by atoms with Crippen LogP contribution < -0.4 is 9.64 Å². The molecule has 1 aliphatic heterocycles. The first kappa shape index (κ1) is 30.5. The summed E-state index contributed by atoms with van der Waals surface area (Å²) in [5.74, 6) is 0.366. The van der Waals surface area contributed by atoms with Crippen molar-refractivity contribution in [1.82, 2.24) is 20.1 Å². The number of carbonyl (C=O) groups is 1. The molecule has 2 aromatic heterocycles. The third-order valence-electron chi connectivity index (χ3n) is 7.79. The highest BCUT2D eigenvalue weighted by Crippen LogP contribution is 2.31. The van der Waals surface area contributed by atoms with Crippen LogP contribution in [0.3, 0.4) is 0 Å². The summed E-state index contributed by atoms with van der Waals surface area (Å²) in [7, 11) is 5.60. The normalized spacial score (nSPS) is 14.0. The average molecular weight is 598 g/mol. The SMILES string of the molecule is [B]C(=O)c1ccc(C)c(N(Cc2cc(C)[nH]n2)C(=C)CN2CCC(c3cccc(OCc4ccc(Cl)cc4F)n3)CC2)c1. The van der Waals surface area contributed by atoms with Crippen LogP contribution in [0.1, 0.15) is 57.3 Å². The van der Waals surface area contributed by atoms with Crippen LogP contribution in [-0.4, -0.2) is 53.2 Å². The molecule has 10 heteroatoms. The van der Waals surface area contributed by atoms with E-state index in [-0.39, 0.29) is 12.5 Å². The number of ether oxygens (including phenoxy) is 1. The number of pyridine rings is 1. The van der Waals surface area contributed by atoms with E-state index < -0.39 is 11.5 Å². The molecule has 3 heterocycles. The molecule has 7 nitrogen and oxygen atoms in total. The highest BCUT2D eigenvalue weighted by Gasteiger charge is 2.24. The van der Waals surface area contributed by atoms with Crippen LogP contribution >= 0.6 is 11.6 Å². The van der Waals surface area contributed by atoms with Gasteiger partial charge in [-0.2, -0.15) is 5.10 Å². The van der Waals surface area contributed by atoms with Gasteiger partial charge in [-0.15, -0.1) is 0 Å². The number of aromatic amines is 1. The molecule has 5 rings (SSSR count). The van der Waals surface area contributed by atoms with Crippen LogP contribution in [0.2, 0.25) is 5.02 Å². The van der Waals surface area contributed by atoms with E-state index in [0.717, 1.165) is 60.0 Å². The lowest BCUT2D eigenvalue weighted by Gasteiger charge is -2.35. The fraction of sp³-hybridized carbons (Fsp3) is 0.303. The van der Waals surface area contributed by atoms with E-state index in [1.165, 1.54) is 6.07 Å². The zero-order valence-electron chi connectivity index (χ0n) is 24.4. The number of nitrogens with one attached hydrogen (secondary N) is 1. The van der Waals surface area contributed by atoms with Crippen LogP contribution in [0.15, 0.2) is 72.9 Å². The van der Waals surface area contributed by atoms with Crippen molar-refractivity contribution in [2.24, 2.45) is 0 Å². The Balaban J connectivity index is 1.23. The molecular weight excluding hydrogens is 564 g/mol. The zero-order chi connectivity index (χ0) is 30.5. The molecule has 1 fully saturated rings. The Kier molecular flexibility index (Phi) is 9.63. The highest BCUT2D eigenvalue weighted by molar-refractivity contribution is 6.62. The molecule has 0 atom stereocenters. The minimum atomic E-state index is -0.468. The number of nitrogens with zero attached hydrogens (tertiary/aromatic N) is 4. The molecule has 1 N–H and O–H groups in total. The van der Waals surface area contributed by atoms with E-state index in [1.807, 2.05) is 44.2 Å². The van der Waals surface area contributed by atoms with Gasteiger partial charge in [0.1, 0.15) is 18.1 Å². The molecule has 43 heavy (non-hydrogen) atoms. The van der Waals surface area contributed by atoms with Gasteiger partial charge >= 0.3 is 0 Å². The number of H-pyrrole nitrogens is 1. The van der Waals surface area contributed by atoms with Gasteiger partial charge in [-0.1, -0.05) is 42.4 Å². The van der Waals surface area contributed by atoms with Crippen molar-refractivity contribution in [1.29, 1.82) is 0 Å². The van der Waals surface area contributed by atoms with Gasteiger partial charge in [-0.3, -0.25) is 10.00 Å². The first-order chi connectivity index (χ1) is 20.7. The first-order valence-electron chi connectivity index (χ1n) is 14.3. The smallest absolute Gasteiger partial charge is 0.213 e. The fourth-order valence-corrected chi connectivity index (χ4v) is 5.56. The number of benzene rings is 2. The van der Waals surface area contributed by atoms with Crippen molar-refractivity contribution in [3.05, 3.63) is 118 Å². The van der Waals surface area contributed by atoms with E-state index in [2.05, 4.69) is 26.6 Å². The number of aryl methyl sites for hydroxylation is 2. The van der Waals surface area contributed by atoms with Gasteiger partial charge < -0.3 is 14.4 Å². The minimum Gasteiger partial charge on any atom is -0.473 e. The Hall–Kier alpha value is -3.95. The number of likely N-dealkylation sites (tertiary alicyclic amines) is 1. The molecule has 1 aliphatic rings. The van der Waals surface area contributed by atoms with Gasteiger partial charge in [0.25, 0.3) is 0 Å². The van der Waals surface area contributed by atoms with Crippen LogP contribution in [0.5, 0.6) is 5.88 Å². The number of hydrogen-bond acceptors (Lipinski definition) is 6. The van der Waals surface area contributed by atoms with Crippen molar-refractivity contribution in [2.45, 2.75) is 45.8 Å². The van der Waals surface area contributed by atoms with Crippen molar-refractivity contribution in [2.75, 3.05) is 24.5 Å². The summed E-state index contributed by atoms with van der Waals surface area (Å²) in [6.45, 7) is 11.4. The van der Waals surface area contributed by atoms with Gasteiger partial charge in [-0.05, 0) is 75.7 Å². The van der Waals surface area contributed by atoms with Crippen molar-refractivity contribution in [3.63, 3.8) is 0 Å². The molecule has 0 spiro atoms. The summed E-state index contributed by atoms with van der Waals surface area (Å²) in [5.41, 5.74) is 6.06. The number of anilines is 1. The Morgan fingerprint density at radius 1 is 1.16 bits per heavy atom. The second kappa shape index (κ2) is 13.6. The number of carbonyl (C=O) groups excluding carboxylic acids is 1. The van der Waals surface area contributed by atoms with Crippen LogP contribution in [-0.2, 0) is 13.2 Å². The highest BCUT2D eigenvalue weighted by atomic mass is 35.5. The van der Waals surface area contributed by atoms with Crippen molar-refractivity contribution >= 4 is 30.8 Å². The quantitative estimate of drug-likeness (QED) is 0.199. The lowest BCUT2D eigenvalue weighted by molar-refractivity contribution is 0.108. The second-order valence-corrected chi connectivity index (χ2v) is 11.5. The summed E-state index contributed by atoms with van der Waals surface area (Å²) in [5, 5.41) is 7.79. The van der Waals surface area contributed by atoms with E-state index in [9.17, 15) is 9.18 Å². The lowest BCUT2D eigenvalue weighted by Crippen LogP contribution is -2.38. The average Bonchev–Trinajstić information content (AvgIpc) is 3.40. The molecule has 0 saturated carbocycles. The van der Waals surface area contributed by atoms with Gasteiger partial charge in [0, 0.05) is 57.5 Å². The van der Waals surface area contributed by atoms with Crippen molar-refractivity contribution < 1.29 is 13.9 Å². The Morgan fingerprint density at radius 3 is 2.65 bits per heavy atom. The zero-order valence-corrected chi connectivity index (χ0v) is 25.2. The van der Waals surface area contributed by atoms with E-state index in [4.69, 9.17) is 29.2 Å². The molecule has 220 valence electrons. The molecule has 0 aliphatic carbocycles. The summed E-state index contributed by atoms with van der Waals surface area (Å²) in [4.78, 5) is 21.2. The van der Waals surface area contributed by atoms with Crippen LogP contribution in [0, 0.1) is 19.7 Å². The van der Waals surface area contributed by atoms with Crippen molar-refractivity contribution in [3.8, 4) is 5.88 Å². The Bertz CT molecular complexity index is 1620. The summed E-state index contributed by atoms with van der Waals surface area (Å²) in [6, 6.07) is 17.8. The molecule has 0 unspecified atom stereocenters. The summed E-state index contributed by atoms with van der Waals surface area (Å²) < 4.78 is 20.0. The van der Waals surface area contributed by atoms with Gasteiger partial charge in [0.2, 0.25) is 5.88 Å². The standard InChI is InChI=1S/C33H34BClFN5O2/c1-21-7-8-25(33(34)42)16-31(21)41(19-28-15-22(2)38-39-28)23(3)18-40-13-11-24(12-14-40)30-5-4-6-32(37-30)43-20-26-9-10-27(35)17-29(26)36/h4-10,15-17,24H,3,11-14,18-20H2,1-2H3,(H,38,39). The molecule has 0 bridgehead atoms. The topological polar surface area (TPSA) is 74.4 Å². The molecule has 4 aromatic rings. The Morgan fingerprint density at radius 2 is 1.95 bits per heavy atom. The van der Waals surface area contributed by atoms with Gasteiger partial charge in [0.15, 0.2) is 7.85 Å². The third-order valence-corrected chi connectivity index (χ3v) is 8.03. The first-order valence-corrected chi connectivity index (χ1v) is 14.7. The number of halogens is 2. The van der Waals surface area contributed by atoms with Crippen LogP contribution in [0.4, 0.5) is 10.1 Å². The molecule has 1 saturated heterocycles. The number of aromatic nitrogens is 3. The lowest BCUT2D eigenvalue weighted by atomic mass is 9.92. The maximum absolute atomic E-state index is 14.2. The second-order valence-electron chi connectivity index (χ2n) is 11.0. The van der Waals surface area contributed by atoms with Crippen LogP contribution in [0.25, 0.3) is 0 Å². The molecule has 0 amide bonds. The largest absolute Gasteiger partial charge is 0.473 e. The number of rotatable bonds is 11. The van der Waals surface area contributed by atoms with Gasteiger partial charge in [0.05, 0.1) is 12.2 Å². The van der Waals surface area contributed by atoms with Gasteiger partial charge in [-0.25, -0.2) is 9.37 Å². The van der Waals surface area contributed by atoms with E-state index >= 15 is 0 Å². The maximum Gasteiger partial charge on any atom is 0.213 e. The fourth-order valence-electron chi connectivity index (χ4n) is 5.40. The van der Waals surface area contributed by atoms with E-state index in [1.54, 1.807) is 24.3 Å². The number of hydrogen-bond donors (Lipinski definition) is 1. The monoisotopic (exact) mass is 597 g/mol.